The number of hydrogen-bond donors (Lipinski definition) is 1. The van der Waals surface area contributed by atoms with Crippen LogP contribution in [0.4, 0.5) is 5.69 Å². The van der Waals surface area contributed by atoms with Gasteiger partial charge in [-0.15, -0.1) is 0 Å². The van der Waals surface area contributed by atoms with Crippen LogP contribution in [0.1, 0.15) is 12.5 Å². The highest BCUT2D eigenvalue weighted by Gasteiger charge is 2.25. The molecule has 21 heavy (non-hydrogen) atoms. The quantitative estimate of drug-likeness (QED) is 0.897. The normalized spacial score (nSPS) is 11.4. The van der Waals surface area contributed by atoms with E-state index in [0.29, 0.717) is 10.2 Å². The monoisotopic (exact) mass is 370 g/mol. The lowest BCUT2D eigenvalue weighted by molar-refractivity contribution is 0.475. The lowest BCUT2D eigenvalue weighted by atomic mass is 10.2. The van der Waals surface area contributed by atoms with Crippen molar-refractivity contribution in [3.63, 3.8) is 0 Å². The molecule has 0 unspecified atom stereocenters. The van der Waals surface area contributed by atoms with Crippen LogP contribution in [0.15, 0.2) is 46.0 Å². The summed E-state index contributed by atoms with van der Waals surface area (Å²) >= 11 is 3.22. The fourth-order valence-electron chi connectivity index (χ4n) is 2.00. The number of benzene rings is 1. The third-order valence-corrected chi connectivity index (χ3v) is 5.30. The lowest BCUT2D eigenvalue weighted by Crippen LogP contribution is -2.31. The summed E-state index contributed by atoms with van der Waals surface area (Å²) in [6.07, 6.45) is 2.83. The largest absolute Gasteiger partial charge is 0.508 e. The smallest absolute Gasteiger partial charge is 0.265 e. The van der Waals surface area contributed by atoms with Crippen molar-refractivity contribution in [3.8, 4) is 5.75 Å². The van der Waals surface area contributed by atoms with E-state index < -0.39 is 10.0 Å². The molecule has 0 amide bonds. The van der Waals surface area contributed by atoms with Gasteiger partial charge >= 0.3 is 0 Å². The minimum atomic E-state index is -3.74. The number of pyridine rings is 1. The Hall–Kier alpha value is -1.60. The van der Waals surface area contributed by atoms with E-state index in [-0.39, 0.29) is 17.2 Å². The Kier molecular flexibility index (Phi) is 4.53. The molecule has 2 aromatic rings. The number of anilines is 1. The summed E-state index contributed by atoms with van der Waals surface area (Å²) in [5.74, 6) is 0.0246. The molecule has 0 fully saturated rings. The molecule has 0 atom stereocenters. The average Bonchev–Trinajstić information content (AvgIpc) is 2.43. The van der Waals surface area contributed by atoms with Gasteiger partial charge < -0.3 is 5.11 Å². The SMILES string of the molecule is CCN(c1cc(O)ccc1C)S(=O)(=O)c1cncc(Br)c1. The molecular formula is C14H15BrN2O3S. The first-order chi connectivity index (χ1) is 9.86. The second kappa shape index (κ2) is 6.03. The molecule has 1 aromatic carbocycles. The van der Waals surface area contributed by atoms with Gasteiger partial charge in [0, 0.05) is 29.5 Å². The first-order valence-corrected chi connectivity index (χ1v) is 8.52. The molecule has 0 aliphatic heterocycles. The Morgan fingerprint density at radius 1 is 1.29 bits per heavy atom. The number of aromatic nitrogens is 1. The summed E-state index contributed by atoms with van der Waals surface area (Å²) in [6, 6.07) is 6.16. The zero-order chi connectivity index (χ0) is 15.6. The second-order valence-corrected chi connectivity index (χ2v) is 7.26. The first-order valence-electron chi connectivity index (χ1n) is 6.29. The molecule has 7 heteroatoms. The van der Waals surface area contributed by atoms with Crippen LogP contribution in [-0.4, -0.2) is 25.1 Å². The number of phenolic OH excluding ortho intramolecular Hbond substituents is 1. The van der Waals surface area contributed by atoms with E-state index >= 15 is 0 Å². The summed E-state index contributed by atoms with van der Waals surface area (Å²) in [6.45, 7) is 3.79. The van der Waals surface area contributed by atoms with Crippen LogP contribution >= 0.6 is 15.9 Å². The maximum absolute atomic E-state index is 12.8. The highest BCUT2D eigenvalue weighted by molar-refractivity contribution is 9.10. The van der Waals surface area contributed by atoms with Gasteiger partial charge in [-0.3, -0.25) is 9.29 Å². The number of rotatable bonds is 4. The van der Waals surface area contributed by atoms with E-state index in [1.165, 1.54) is 34.9 Å². The Morgan fingerprint density at radius 3 is 2.62 bits per heavy atom. The van der Waals surface area contributed by atoms with Crippen LogP contribution in [0.25, 0.3) is 0 Å². The zero-order valence-corrected chi connectivity index (χ0v) is 14.0. The van der Waals surface area contributed by atoms with Crippen molar-refractivity contribution in [2.24, 2.45) is 0 Å². The van der Waals surface area contributed by atoms with E-state index in [9.17, 15) is 13.5 Å². The van der Waals surface area contributed by atoms with Gasteiger partial charge in [0.2, 0.25) is 0 Å². The molecule has 0 radical (unpaired) electrons. The predicted octanol–water partition coefficient (Wildman–Crippen LogP) is 3.07. The van der Waals surface area contributed by atoms with Crippen LogP contribution < -0.4 is 4.31 Å². The third-order valence-electron chi connectivity index (χ3n) is 3.02. The molecule has 0 saturated heterocycles. The van der Waals surface area contributed by atoms with Gasteiger partial charge in [-0.05, 0) is 47.5 Å². The Bertz CT molecular complexity index is 763. The van der Waals surface area contributed by atoms with Gasteiger partial charge in [0.25, 0.3) is 10.0 Å². The molecular weight excluding hydrogens is 356 g/mol. The third kappa shape index (κ3) is 3.19. The standard InChI is InChI=1S/C14H15BrN2O3S/c1-3-17(14-7-12(18)5-4-10(14)2)21(19,20)13-6-11(15)8-16-9-13/h4-9,18H,3H2,1-2H3. The van der Waals surface area contributed by atoms with Crippen molar-refractivity contribution in [3.05, 3.63) is 46.7 Å². The average molecular weight is 371 g/mol. The van der Waals surface area contributed by atoms with Gasteiger partial charge in [-0.2, -0.15) is 0 Å². The zero-order valence-electron chi connectivity index (χ0n) is 11.6. The second-order valence-electron chi connectivity index (χ2n) is 4.48. The number of nitrogens with zero attached hydrogens (tertiary/aromatic N) is 2. The van der Waals surface area contributed by atoms with Gasteiger partial charge in [-0.25, -0.2) is 8.42 Å². The highest BCUT2D eigenvalue weighted by atomic mass is 79.9. The van der Waals surface area contributed by atoms with E-state index in [0.717, 1.165) is 5.56 Å². The van der Waals surface area contributed by atoms with Crippen molar-refractivity contribution < 1.29 is 13.5 Å². The minimum Gasteiger partial charge on any atom is -0.508 e. The molecule has 0 saturated carbocycles. The summed E-state index contributed by atoms with van der Waals surface area (Å²) in [7, 11) is -3.74. The molecule has 5 nitrogen and oxygen atoms in total. The number of halogens is 1. The van der Waals surface area contributed by atoms with Crippen molar-refractivity contribution >= 4 is 31.6 Å². The number of aromatic hydroxyl groups is 1. The summed E-state index contributed by atoms with van der Waals surface area (Å²) in [4.78, 5) is 4.00. The number of hydrogen-bond acceptors (Lipinski definition) is 4. The number of aryl methyl sites for hydroxylation is 1. The fraction of sp³-hybridized carbons (Fsp3) is 0.214. The van der Waals surface area contributed by atoms with Gasteiger partial charge in [-0.1, -0.05) is 6.07 Å². The van der Waals surface area contributed by atoms with E-state index in [2.05, 4.69) is 20.9 Å². The number of sulfonamides is 1. The van der Waals surface area contributed by atoms with Crippen molar-refractivity contribution in [1.29, 1.82) is 0 Å². The molecule has 1 heterocycles. The van der Waals surface area contributed by atoms with Crippen LogP contribution in [0.5, 0.6) is 5.75 Å². The summed E-state index contributed by atoms with van der Waals surface area (Å²) < 4.78 is 27.4. The highest BCUT2D eigenvalue weighted by Crippen LogP contribution is 2.30. The number of phenols is 1. The molecule has 2 rings (SSSR count). The summed E-state index contributed by atoms with van der Waals surface area (Å²) in [5, 5.41) is 9.62. The Labute approximate surface area is 132 Å². The molecule has 0 spiro atoms. The van der Waals surface area contributed by atoms with E-state index in [1.807, 2.05) is 0 Å². The molecule has 0 aliphatic rings. The van der Waals surface area contributed by atoms with Crippen LogP contribution in [0, 0.1) is 6.92 Å². The topological polar surface area (TPSA) is 70.5 Å². The van der Waals surface area contributed by atoms with E-state index in [1.54, 1.807) is 19.9 Å². The molecule has 0 aliphatic carbocycles. The van der Waals surface area contributed by atoms with Crippen LogP contribution in [-0.2, 0) is 10.0 Å². The minimum absolute atomic E-state index is 0.0246. The van der Waals surface area contributed by atoms with Crippen molar-refractivity contribution in [2.75, 3.05) is 10.8 Å². The van der Waals surface area contributed by atoms with Crippen LogP contribution in [0.3, 0.4) is 0 Å². The Balaban J connectivity index is 2.57. The predicted molar refractivity (Wildman–Crippen MR) is 85.0 cm³/mol. The summed E-state index contributed by atoms with van der Waals surface area (Å²) in [5.41, 5.74) is 1.22. The van der Waals surface area contributed by atoms with Crippen LogP contribution in [0.2, 0.25) is 0 Å². The first kappa shape index (κ1) is 15.8. The molecule has 1 N–H and O–H groups in total. The maximum atomic E-state index is 12.8. The maximum Gasteiger partial charge on any atom is 0.265 e. The van der Waals surface area contributed by atoms with Gasteiger partial charge in [0.1, 0.15) is 10.6 Å². The van der Waals surface area contributed by atoms with Gasteiger partial charge in [0.05, 0.1) is 5.69 Å². The van der Waals surface area contributed by atoms with Crippen molar-refractivity contribution in [2.45, 2.75) is 18.7 Å². The Morgan fingerprint density at radius 2 is 2.00 bits per heavy atom. The fourth-order valence-corrected chi connectivity index (χ4v) is 4.03. The molecule has 112 valence electrons. The molecule has 0 bridgehead atoms. The molecule has 1 aromatic heterocycles. The van der Waals surface area contributed by atoms with E-state index in [4.69, 9.17) is 0 Å². The van der Waals surface area contributed by atoms with Gasteiger partial charge in [0.15, 0.2) is 0 Å². The van der Waals surface area contributed by atoms with Crippen molar-refractivity contribution in [1.82, 2.24) is 4.98 Å². The lowest BCUT2D eigenvalue weighted by Gasteiger charge is -2.24.